The van der Waals surface area contributed by atoms with Crippen LogP contribution in [0.4, 0.5) is 0 Å². The Kier molecular flexibility index (Phi) is 5.71. The fourth-order valence-electron chi connectivity index (χ4n) is 2.04. The number of rotatable bonds is 3. The molecule has 0 N–H and O–H groups in total. The maximum absolute atomic E-state index is 12.0. The normalized spacial score (nSPS) is 15.4. The average Bonchev–Trinajstić information content (AvgIpc) is 2.38. The minimum atomic E-state index is 0.0569. The number of nitrogens with zero attached hydrogens (tertiary/aromatic N) is 1. The zero-order valence-corrected chi connectivity index (χ0v) is 15.1. The summed E-state index contributed by atoms with van der Waals surface area (Å²) in [6.45, 7) is 1.79. The van der Waals surface area contributed by atoms with Crippen LogP contribution in [0.2, 0.25) is 0 Å². The molecule has 1 fully saturated rings. The van der Waals surface area contributed by atoms with E-state index < -0.39 is 0 Å². The number of hydrogen-bond donors (Lipinski definition) is 0. The number of ether oxygens (including phenoxy) is 1. The van der Waals surface area contributed by atoms with Gasteiger partial charge in [-0.25, -0.2) is 0 Å². The molecule has 0 spiro atoms. The highest BCUT2D eigenvalue weighted by Crippen LogP contribution is 2.36. The summed E-state index contributed by atoms with van der Waals surface area (Å²) in [6.07, 6.45) is 3.41. The number of carbonyl (C=O) groups excluding carboxylic acids is 1. The van der Waals surface area contributed by atoms with Crippen molar-refractivity contribution >= 4 is 53.7 Å². The molecule has 0 radical (unpaired) electrons. The molecule has 0 unspecified atom stereocenters. The van der Waals surface area contributed by atoms with Crippen LogP contribution in [0, 0.1) is 0 Å². The van der Waals surface area contributed by atoms with Gasteiger partial charge in [0.05, 0.1) is 8.95 Å². The lowest BCUT2D eigenvalue weighted by molar-refractivity contribution is -0.134. The number of carbonyl (C=O) groups is 1. The van der Waals surface area contributed by atoms with Gasteiger partial charge in [-0.1, -0.05) is 15.9 Å². The summed E-state index contributed by atoms with van der Waals surface area (Å²) in [5, 5.41) is 0. The minimum absolute atomic E-state index is 0.0569. The van der Waals surface area contributed by atoms with E-state index >= 15 is 0 Å². The summed E-state index contributed by atoms with van der Waals surface area (Å²) in [4.78, 5) is 13.9. The lowest BCUT2D eigenvalue weighted by atomic mass is 10.1. The van der Waals surface area contributed by atoms with Crippen LogP contribution in [0.5, 0.6) is 5.75 Å². The summed E-state index contributed by atoms with van der Waals surface area (Å²) < 4.78 is 8.22. The lowest BCUT2D eigenvalue weighted by Crippen LogP contribution is -2.38. The van der Waals surface area contributed by atoms with Gasteiger partial charge in [-0.05, 0) is 63.3 Å². The molecule has 2 rings (SSSR count). The fraction of sp³-hybridized carbons (Fsp3) is 0.462. The number of hydrogen-bond acceptors (Lipinski definition) is 2. The van der Waals surface area contributed by atoms with Crippen LogP contribution in [0.1, 0.15) is 19.3 Å². The lowest BCUT2D eigenvalue weighted by Gasteiger charge is -2.26. The smallest absolute Gasteiger partial charge is 0.260 e. The SMILES string of the molecule is O=C(COc1c(Br)cc(Br)cc1Br)N1CCCCC1. The Morgan fingerprint density at radius 2 is 1.68 bits per heavy atom. The number of halogens is 3. The molecular formula is C13H14Br3NO2. The molecule has 0 aromatic heterocycles. The zero-order valence-electron chi connectivity index (χ0n) is 10.3. The maximum atomic E-state index is 12.0. The molecule has 1 aliphatic heterocycles. The molecule has 0 aliphatic carbocycles. The highest BCUT2D eigenvalue weighted by atomic mass is 79.9. The van der Waals surface area contributed by atoms with Gasteiger partial charge in [0.15, 0.2) is 6.61 Å². The summed E-state index contributed by atoms with van der Waals surface area (Å²) in [5.74, 6) is 0.718. The molecular weight excluding hydrogens is 442 g/mol. The second kappa shape index (κ2) is 7.09. The Bertz CT molecular complexity index is 450. The molecule has 19 heavy (non-hydrogen) atoms. The predicted octanol–water partition coefficient (Wildman–Crippen LogP) is 4.37. The van der Waals surface area contributed by atoms with Gasteiger partial charge in [0.2, 0.25) is 0 Å². The average molecular weight is 456 g/mol. The van der Waals surface area contributed by atoms with Crippen LogP contribution in [-0.4, -0.2) is 30.5 Å². The molecule has 1 amide bonds. The monoisotopic (exact) mass is 453 g/mol. The van der Waals surface area contributed by atoms with Gasteiger partial charge in [-0.2, -0.15) is 0 Å². The van der Waals surface area contributed by atoms with Crippen LogP contribution >= 0.6 is 47.8 Å². The largest absolute Gasteiger partial charge is 0.481 e. The first-order valence-corrected chi connectivity index (χ1v) is 8.51. The number of piperidine rings is 1. The molecule has 0 saturated carbocycles. The van der Waals surface area contributed by atoms with Gasteiger partial charge >= 0.3 is 0 Å². The topological polar surface area (TPSA) is 29.5 Å². The third kappa shape index (κ3) is 4.20. The Morgan fingerprint density at radius 1 is 1.11 bits per heavy atom. The van der Waals surface area contributed by atoms with Crippen LogP contribution < -0.4 is 4.74 Å². The molecule has 104 valence electrons. The van der Waals surface area contributed by atoms with Crippen LogP contribution in [-0.2, 0) is 4.79 Å². The Balaban J connectivity index is 1.96. The van der Waals surface area contributed by atoms with E-state index in [-0.39, 0.29) is 12.5 Å². The Labute approximate surface area is 138 Å². The summed E-state index contributed by atoms with van der Waals surface area (Å²) >= 11 is 10.3. The first kappa shape index (κ1) is 15.3. The first-order chi connectivity index (χ1) is 9.08. The molecule has 1 aromatic rings. The Morgan fingerprint density at radius 3 is 2.26 bits per heavy atom. The highest BCUT2D eigenvalue weighted by Gasteiger charge is 2.18. The van der Waals surface area contributed by atoms with Crippen molar-refractivity contribution in [2.45, 2.75) is 19.3 Å². The van der Waals surface area contributed by atoms with Crippen molar-refractivity contribution in [2.24, 2.45) is 0 Å². The first-order valence-electron chi connectivity index (χ1n) is 6.13. The fourth-order valence-corrected chi connectivity index (χ4v) is 4.52. The second-order valence-corrected chi connectivity index (χ2v) is 7.05. The van der Waals surface area contributed by atoms with Gasteiger partial charge in [0, 0.05) is 17.6 Å². The van der Waals surface area contributed by atoms with Crippen molar-refractivity contribution in [3.8, 4) is 5.75 Å². The van der Waals surface area contributed by atoms with Crippen molar-refractivity contribution in [3.05, 3.63) is 25.6 Å². The van der Waals surface area contributed by atoms with E-state index in [4.69, 9.17) is 4.74 Å². The molecule has 0 bridgehead atoms. The predicted molar refractivity (Wildman–Crippen MR) is 85.5 cm³/mol. The van der Waals surface area contributed by atoms with Crippen molar-refractivity contribution in [2.75, 3.05) is 19.7 Å². The zero-order chi connectivity index (χ0) is 13.8. The molecule has 0 atom stereocenters. The van der Waals surface area contributed by atoms with Gasteiger partial charge in [0.25, 0.3) is 5.91 Å². The van der Waals surface area contributed by atoms with Crippen LogP contribution in [0.25, 0.3) is 0 Å². The van der Waals surface area contributed by atoms with E-state index in [1.54, 1.807) is 0 Å². The van der Waals surface area contributed by atoms with Gasteiger partial charge in [-0.15, -0.1) is 0 Å². The molecule has 1 heterocycles. The third-order valence-electron chi connectivity index (χ3n) is 3.01. The van der Waals surface area contributed by atoms with E-state index in [2.05, 4.69) is 47.8 Å². The van der Waals surface area contributed by atoms with Crippen molar-refractivity contribution in [3.63, 3.8) is 0 Å². The summed E-state index contributed by atoms with van der Waals surface area (Å²) in [5.41, 5.74) is 0. The summed E-state index contributed by atoms with van der Waals surface area (Å²) in [7, 11) is 0. The number of likely N-dealkylation sites (tertiary alicyclic amines) is 1. The standard InChI is InChI=1S/C13H14Br3NO2/c14-9-6-10(15)13(11(16)7-9)19-8-12(18)17-4-2-1-3-5-17/h6-7H,1-5,8H2. The second-order valence-electron chi connectivity index (χ2n) is 4.43. The molecule has 6 heteroatoms. The molecule has 1 saturated heterocycles. The van der Waals surface area contributed by atoms with Crippen molar-refractivity contribution < 1.29 is 9.53 Å². The maximum Gasteiger partial charge on any atom is 0.260 e. The van der Waals surface area contributed by atoms with Crippen molar-refractivity contribution in [1.82, 2.24) is 4.90 Å². The molecule has 3 nitrogen and oxygen atoms in total. The quantitative estimate of drug-likeness (QED) is 0.677. The van der Waals surface area contributed by atoms with E-state index in [9.17, 15) is 4.79 Å². The molecule has 1 aliphatic rings. The van der Waals surface area contributed by atoms with E-state index in [0.29, 0.717) is 5.75 Å². The van der Waals surface area contributed by atoms with Gasteiger partial charge in [0.1, 0.15) is 5.75 Å². The van der Waals surface area contributed by atoms with Gasteiger partial charge < -0.3 is 9.64 Å². The van der Waals surface area contributed by atoms with E-state index in [1.807, 2.05) is 17.0 Å². The van der Waals surface area contributed by atoms with Crippen molar-refractivity contribution in [1.29, 1.82) is 0 Å². The highest BCUT2D eigenvalue weighted by molar-refractivity contribution is 9.11. The third-order valence-corrected chi connectivity index (χ3v) is 4.65. The molecule has 1 aromatic carbocycles. The minimum Gasteiger partial charge on any atom is -0.481 e. The van der Waals surface area contributed by atoms with Crippen LogP contribution in [0.3, 0.4) is 0 Å². The number of amides is 1. The van der Waals surface area contributed by atoms with E-state index in [1.165, 1.54) is 6.42 Å². The Hall–Kier alpha value is -0.0700. The number of benzene rings is 1. The van der Waals surface area contributed by atoms with E-state index in [0.717, 1.165) is 39.3 Å². The van der Waals surface area contributed by atoms with Crippen LogP contribution in [0.15, 0.2) is 25.6 Å². The summed E-state index contributed by atoms with van der Waals surface area (Å²) in [6, 6.07) is 3.79. The van der Waals surface area contributed by atoms with Gasteiger partial charge in [-0.3, -0.25) is 4.79 Å².